The lowest BCUT2D eigenvalue weighted by molar-refractivity contribution is -0.139. The van der Waals surface area contributed by atoms with Gasteiger partial charge in [-0.2, -0.15) is 0 Å². The first-order valence-corrected chi connectivity index (χ1v) is 7.60. The van der Waals surface area contributed by atoms with Gasteiger partial charge in [0.05, 0.1) is 18.1 Å². The van der Waals surface area contributed by atoms with Gasteiger partial charge in [-0.3, -0.25) is 4.79 Å². The van der Waals surface area contributed by atoms with E-state index in [9.17, 15) is 9.59 Å². The van der Waals surface area contributed by atoms with Crippen LogP contribution in [0.2, 0.25) is 0 Å². The lowest BCUT2D eigenvalue weighted by Crippen LogP contribution is -2.21. The zero-order chi connectivity index (χ0) is 15.6. The topological polar surface area (TPSA) is 43.4 Å². The Kier molecular flexibility index (Phi) is 4.78. The third kappa shape index (κ3) is 3.16. The second-order valence-corrected chi connectivity index (χ2v) is 5.88. The van der Waals surface area contributed by atoms with Crippen LogP contribution in [0.5, 0.6) is 0 Å². The maximum absolute atomic E-state index is 12.1. The molecule has 0 aromatic heterocycles. The summed E-state index contributed by atoms with van der Waals surface area (Å²) < 4.78 is 6.06. The summed E-state index contributed by atoms with van der Waals surface area (Å²) in [5.74, 6) is -0.993. The summed E-state index contributed by atoms with van der Waals surface area (Å²) in [5.41, 5.74) is 3.06. The fraction of sp³-hybridized carbons (Fsp3) is 0.294. The normalized spacial score (nSPS) is 17.7. The van der Waals surface area contributed by atoms with Crippen LogP contribution in [0.3, 0.4) is 0 Å². The molecule has 0 saturated heterocycles. The molecule has 0 amide bonds. The molecule has 0 bridgehead atoms. The van der Waals surface area contributed by atoms with Crippen LogP contribution in [-0.2, 0) is 14.3 Å². The number of hydrogen-bond acceptors (Lipinski definition) is 3. The monoisotopic (exact) mass is 348 g/mol. The van der Waals surface area contributed by atoms with Crippen LogP contribution in [0, 0.1) is 5.92 Å². The zero-order valence-corrected chi connectivity index (χ0v) is 13.9. The van der Waals surface area contributed by atoms with E-state index in [0.717, 1.165) is 21.2 Å². The van der Waals surface area contributed by atoms with Crippen molar-refractivity contribution in [2.24, 2.45) is 5.92 Å². The Hall–Kier alpha value is -1.68. The summed E-state index contributed by atoms with van der Waals surface area (Å²) in [6, 6.07) is 7.72. The molecule has 1 atom stereocenters. The third-order valence-electron chi connectivity index (χ3n) is 3.48. The summed E-state index contributed by atoms with van der Waals surface area (Å²) in [7, 11) is 0. The second kappa shape index (κ2) is 6.39. The van der Waals surface area contributed by atoms with E-state index in [2.05, 4.69) is 15.9 Å². The van der Waals surface area contributed by atoms with Crippen molar-refractivity contribution in [2.45, 2.75) is 20.8 Å². The van der Waals surface area contributed by atoms with E-state index in [1.165, 1.54) is 6.92 Å². The molecule has 0 saturated carbocycles. The Labute approximate surface area is 132 Å². The van der Waals surface area contributed by atoms with Crippen LogP contribution < -0.4 is 0 Å². The molecule has 0 fully saturated rings. The van der Waals surface area contributed by atoms with E-state index in [1.54, 1.807) is 6.92 Å². The van der Waals surface area contributed by atoms with Gasteiger partial charge in [-0.25, -0.2) is 4.79 Å². The van der Waals surface area contributed by atoms with E-state index in [1.807, 2.05) is 37.3 Å². The number of ether oxygens (including phenoxy) is 1. The molecule has 1 aromatic rings. The number of halogens is 1. The Bertz CT molecular complexity index is 639. The number of allylic oxidation sites excluding steroid dienone is 3. The van der Waals surface area contributed by atoms with Gasteiger partial charge in [0, 0.05) is 4.47 Å². The fourth-order valence-electron chi connectivity index (χ4n) is 2.58. The van der Waals surface area contributed by atoms with Gasteiger partial charge in [-0.15, -0.1) is 0 Å². The molecule has 0 aliphatic heterocycles. The zero-order valence-electron chi connectivity index (χ0n) is 12.3. The Morgan fingerprint density at radius 1 is 1.24 bits per heavy atom. The number of esters is 1. The third-order valence-corrected chi connectivity index (χ3v) is 4.00. The number of carbonyl (C=O) groups excluding carboxylic acids is 2. The van der Waals surface area contributed by atoms with Gasteiger partial charge in [-0.05, 0) is 49.6 Å². The van der Waals surface area contributed by atoms with Crippen molar-refractivity contribution in [1.29, 1.82) is 0 Å². The lowest BCUT2D eigenvalue weighted by Gasteiger charge is -2.16. The van der Waals surface area contributed by atoms with Crippen molar-refractivity contribution < 1.29 is 14.3 Å². The minimum absolute atomic E-state index is 0.0518. The minimum Gasteiger partial charge on any atom is -0.463 e. The number of hydrogen-bond donors (Lipinski definition) is 0. The average Bonchev–Trinajstić information content (AvgIpc) is 2.77. The largest absolute Gasteiger partial charge is 0.463 e. The van der Waals surface area contributed by atoms with E-state index in [0.29, 0.717) is 12.2 Å². The van der Waals surface area contributed by atoms with Crippen LogP contribution in [0.1, 0.15) is 26.3 Å². The summed E-state index contributed by atoms with van der Waals surface area (Å²) in [5, 5.41) is 0. The number of benzene rings is 1. The molecule has 1 aliphatic carbocycles. The molecule has 3 nitrogen and oxygen atoms in total. The highest BCUT2D eigenvalue weighted by atomic mass is 79.9. The maximum atomic E-state index is 12.1. The first kappa shape index (κ1) is 15.7. The van der Waals surface area contributed by atoms with Gasteiger partial charge in [-0.1, -0.05) is 34.1 Å². The fourth-order valence-corrected chi connectivity index (χ4v) is 2.84. The molecule has 1 aliphatic rings. The first-order chi connectivity index (χ1) is 9.95. The summed E-state index contributed by atoms with van der Waals surface area (Å²) in [4.78, 5) is 24.2. The van der Waals surface area contributed by atoms with Crippen LogP contribution in [0.4, 0.5) is 0 Å². The molecule has 21 heavy (non-hydrogen) atoms. The standard InChI is InChI=1S/C17H17BrO3/c1-4-21-17(20)15-10(2)9-14(16(15)11(3)19)12-5-7-13(18)8-6-12/h5-9,16H,4H2,1-3H3/t16-/m1/s1. The minimum atomic E-state index is -0.537. The van der Waals surface area contributed by atoms with Gasteiger partial charge in [0.2, 0.25) is 0 Å². The predicted molar refractivity (Wildman–Crippen MR) is 85.6 cm³/mol. The van der Waals surface area contributed by atoms with Crippen molar-refractivity contribution in [2.75, 3.05) is 6.61 Å². The maximum Gasteiger partial charge on any atom is 0.335 e. The van der Waals surface area contributed by atoms with Crippen LogP contribution in [0.25, 0.3) is 5.57 Å². The molecule has 0 spiro atoms. The highest BCUT2D eigenvalue weighted by Gasteiger charge is 2.35. The van der Waals surface area contributed by atoms with Crippen molar-refractivity contribution in [1.82, 2.24) is 0 Å². The Morgan fingerprint density at radius 2 is 1.86 bits per heavy atom. The predicted octanol–water partition coefficient (Wildman–Crippen LogP) is 3.93. The molecule has 0 radical (unpaired) electrons. The van der Waals surface area contributed by atoms with Crippen molar-refractivity contribution in [3.63, 3.8) is 0 Å². The summed E-state index contributed by atoms with van der Waals surface area (Å²) in [6.45, 7) is 5.41. The van der Waals surface area contributed by atoms with E-state index < -0.39 is 11.9 Å². The van der Waals surface area contributed by atoms with Gasteiger partial charge in [0.15, 0.2) is 0 Å². The summed E-state index contributed by atoms with van der Waals surface area (Å²) >= 11 is 3.39. The molecule has 0 N–H and O–H groups in total. The molecule has 0 heterocycles. The van der Waals surface area contributed by atoms with Crippen LogP contribution >= 0.6 is 15.9 Å². The van der Waals surface area contributed by atoms with E-state index in [-0.39, 0.29) is 5.78 Å². The van der Waals surface area contributed by atoms with Crippen LogP contribution in [0.15, 0.2) is 46.0 Å². The smallest absolute Gasteiger partial charge is 0.335 e. The van der Waals surface area contributed by atoms with Gasteiger partial charge < -0.3 is 4.74 Å². The molecular formula is C17H17BrO3. The van der Waals surface area contributed by atoms with Crippen molar-refractivity contribution in [3.8, 4) is 0 Å². The van der Waals surface area contributed by atoms with E-state index in [4.69, 9.17) is 4.74 Å². The van der Waals surface area contributed by atoms with Crippen molar-refractivity contribution in [3.05, 3.63) is 51.5 Å². The average molecular weight is 349 g/mol. The number of Topliss-reactive ketones (excluding diaryl/α,β-unsaturated/α-hetero) is 1. The quantitative estimate of drug-likeness (QED) is 0.774. The molecular weight excluding hydrogens is 332 g/mol. The number of carbonyl (C=O) groups is 2. The Balaban J connectivity index is 2.42. The van der Waals surface area contributed by atoms with E-state index >= 15 is 0 Å². The van der Waals surface area contributed by atoms with Gasteiger partial charge >= 0.3 is 5.97 Å². The number of rotatable bonds is 4. The van der Waals surface area contributed by atoms with Gasteiger partial charge in [0.25, 0.3) is 0 Å². The summed E-state index contributed by atoms with van der Waals surface area (Å²) in [6.07, 6.45) is 1.90. The first-order valence-electron chi connectivity index (χ1n) is 6.81. The SMILES string of the molecule is CCOC(=O)C1=C(C)C=C(c2ccc(Br)cc2)[C@H]1C(C)=O. The number of ketones is 1. The molecule has 4 heteroatoms. The Morgan fingerprint density at radius 3 is 2.38 bits per heavy atom. The van der Waals surface area contributed by atoms with Crippen molar-refractivity contribution >= 4 is 33.3 Å². The molecule has 110 valence electrons. The molecule has 2 rings (SSSR count). The van der Waals surface area contributed by atoms with Gasteiger partial charge in [0.1, 0.15) is 5.78 Å². The highest BCUT2D eigenvalue weighted by Crippen LogP contribution is 2.39. The lowest BCUT2D eigenvalue weighted by atomic mass is 9.87. The highest BCUT2D eigenvalue weighted by molar-refractivity contribution is 9.10. The van der Waals surface area contributed by atoms with Crippen LogP contribution in [-0.4, -0.2) is 18.4 Å². The molecule has 1 aromatic carbocycles. The molecule has 0 unspecified atom stereocenters. The second-order valence-electron chi connectivity index (χ2n) is 4.97.